The summed E-state index contributed by atoms with van der Waals surface area (Å²) in [4.78, 5) is 35.5. The normalized spacial score (nSPS) is 15.9. The van der Waals surface area contributed by atoms with E-state index in [9.17, 15) is 14.4 Å². The van der Waals surface area contributed by atoms with Crippen LogP contribution in [0.25, 0.3) is 0 Å². The molecule has 0 spiro atoms. The second-order valence-corrected chi connectivity index (χ2v) is 4.26. The highest BCUT2D eigenvalue weighted by molar-refractivity contribution is 5.86. The van der Waals surface area contributed by atoms with Gasteiger partial charge in [-0.15, -0.1) is 0 Å². The number of carboxylic acid groups (broad SMARTS) is 1. The van der Waals surface area contributed by atoms with E-state index in [2.05, 4.69) is 15.4 Å². The fraction of sp³-hybridized carbons (Fsp3) is 0.727. The highest BCUT2D eigenvalue weighted by atomic mass is 16.5. The van der Waals surface area contributed by atoms with Crippen LogP contribution in [0.2, 0.25) is 0 Å². The lowest BCUT2D eigenvalue weighted by atomic mass is 10.3. The van der Waals surface area contributed by atoms with Gasteiger partial charge >= 0.3 is 12.0 Å². The molecule has 0 aromatic heterocycles. The van der Waals surface area contributed by atoms with E-state index in [0.29, 0.717) is 13.1 Å². The molecule has 1 rings (SSSR count). The van der Waals surface area contributed by atoms with Crippen molar-refractivity contribution in [2.45, 2.75) is 18.9 Å². The largest absolute Gasteiger partial charge is 0.480 e. The Bertz CT molecular complexity index is 341. The van der Waals surface area contributed by atoms with Gasteiger partial charge in [0.05, 0.1) is 13.2 Å². The van der Waals surface area contributed by atoms with Crippen molar-refractivity contribution >= 4 is 17.9 Å². The Morgan fingerprint density at radius 1 is 1.32 bits per heavy atom. The Morgan fingerprint density at radius 2 is 1.95 bits per heavy atom. The monoisotopic (exact) mass is 273 g/mol. The molecular weight excluding hydrogens is 254 g/mol. The first-order valence-corrected chi connectivity index (χ1v) is 6.08. The molecule has 0 aromatic carbocycles. The molecule has 3 amide bonds. The first-order valence-electron chi connectivity index (χ1n) is 6.08. The predicted molar refractivity (Wildman–Crippen MR) is 65.6 cm³/mol. The van der Waals surface area contributed by atoms with Crippen LogP contribution in [0, 0.1) is 0 Å². The minimum absolute atomic E-state index is 0.134. The van der Waals surface area contributed by atoms with Crippen LogP contribution in [0.5, 0.6) is 0 Å². The van der Waals surface area contributed by atoms with E-state index < -0.39 is 18.0 Å². The maximum absolute atomic E-state index is 11.6. The second-order valence-electron chi connectivity index (χ2n) is 4.26. The van der Waals surface area contributed by atoms with Crippen LogP contribution in [0.4, 0.5) is 4.79 Å². The Balaban J connectivity index is 2.29. The molecule has 0 bridgehead atoms. The molecule has 1 unspecified atom stereocenters. The number of ether oxygens (including phenoxy) is 1. The van der Waals surface area contributed by atoms with E-state index >= 15 is 0 Å². The van der Waals surface area contributed by atoms with Crippen LogP contribution >= 0.6 is 0 Å². The molecule has 0 saturated carbocycles. The zero-order chi connectivity index (χ0) is 14.3. The summed E-state index contributed by atoms with van der Waals surface area (Å²) in [5.41, 5.74) is 0. The fourth-order valence-electron chi connectivity index (χ4n) is 1.78. The number of amides is 3. The van der Waals surface area contributed by atoms with Crippen LogP contribution in [0.1, 0.15) is 12.8 Å². The van der Waals surface area contributed by atoms with E-state index in [0.717, 1.165) is 12.8 Å². The van der Waals surface area contributed by atoms with Gasteiger partial charge in [0, 0.05) is 20.2 Å². The molecular formula is C11H19N3O5. The van der Waals surface area contributed by atoms with Crippen molar-refractivity contribution in [3.8, 4) is 0 Å². The average molecular weight is 273 g/mol. The number of likely N-dealkylation sites (tertiary alicyclic amines) is 1. The van der Waals surface area contributed by atoms with Crippen molar-refractivity contribution in [1.29, 1.82) is 0 Å². The Hall–Kier alpha value is -1.83. The minimum Gasteiger partial charge on any atom is -0.480 e. The maximum Gasteiger partial charge on any atom is 0.328 e. The molecule has 1 fully saturated rings. The fourth-order valence-corrected chi connectivity index (χ4v) is 1.78. The van der Waals surface area contributed by atoms with Gasteiger partial charge < -0.3 is 25.4 Å². The molecule has 1 heterocycles. The number of rotatable bonds is 6. The number of methoxy groups -OCH3 is 1. The third-order valence-corrected chi connectivity index (χ3v) is 2.80. The predicted octanol–water partition coefficient (Wildman–Crippen LogP) is -0.992. The van der Waals surface area contributed by atoms with Crippen LogP contribution in [-0.4, -0.2) is 67.3 Å². The summed E-state index contributed by atoms with van der Waals surface area (Å²) >= 11 is 0. The summed E-state index contributed by atoms with van der Waals surface area (Å²) < 4.78 is 4.67. The SMILES string of the molecule is COCC(NC(=O)NCC(=O)N1CCCC1)C(=O)O. The van der Waals surface area contributed by atoms with Gasteiger partial charge in [0.2, 0.25) is 5.91 Å². The Kier molecular flexibility index (Phi) is 6.07. The first kappa shape index (κ1) is 15.2. The van der Waals surface area contributed by atoms with Gasteiger partial charge in [0.25, 0.3) is 0 Å². The quantitative estimate of drug-likeness (QED) is 0.576. The number of nitrogens with one attached hydrogen (secondary N) is 2. The molecule has 3 N–H and O–H groups in total. The second kappa shape index (κ2) is 7.57. The zero-order valence-electron chi connectivity index (χ0n) is 10.8. The van der Waals surface area contributed by atoms with Gasteiger partial charge in [-0.05, 0) is 12.8 Å². The molecule has 8 heteroatoms. The van der Waals surface area contributed by atoms with Crippen LogP contribution in [0.15, 0.2) is 0 Å². The highest BCUT2D eigenvalue weighted by Gasteiger charge is 2.21. The summed E-state index contributed by atoms with van der Waals surface area (Å²) in [5.74, 6) is -1.35. The van der Waals surface area contributed by atoms with Gasteiger partial charge in [-0.3, -0.25) is 4.79 Å². The van der Waals surface area contributed by atoms with Gasteiger partial charge in [-0.25, -0.2) is 9.59 Å². The number of aliphatic carboxylic acids is 1. The third kappa shape index (κ3) is 5.12. The first-order chi connectivity index (χ1) is 9.04. The Labute approximate surface area is 111 Å². The average Bonchev–Trinajstić information content (AvgIpc) is 2.89. The lowest BCUT2D eigenvalue weighted by Gasteiger charge is -2.17. The number of carboxylic acids is 1. The standard InChI is InChI=1S/C11H19N3O5/c1-19-7-8(10(16)17)13-11(18)12-6-9(15)14-4-2-3-5-14/h8H,2-7H2,1H3,(H,16,17)(H2,12,13,18). The summed E-state index contributed by atoms with van der Waals surface area (Å²) in [6.07, 6.45) is 1.96. The Morgan fingerprint density at radius 3 is 2.47 bits per heavy atom. The van der Waals surface area contributed by atoms with E-state index in [1.165, 1.54) is 7.11 Å². The molecule has 0 aliphatic carbocycles. The lowest BCUT2D eigenvalue weighted by molar-refractivity contribution is -0.140. The van der Waals surface area contributed by atoms with Crippen LogP contribution < -0.4 is 10.6 Å². The molecule has 0 radical (unpaired) electrons. The van der Waals surface area contributed by atoms with Crippen LogP contribution in [-0.2, 0) is 14.3 Å². The maximum atomic E-state index is 11.6. The van der Waals surface area contributed by atoms with Gasteiger partial charge in [-0.2, -0.15) is 0 Å². The number of urea groups is 1. The molecule has 8 nitrogen and oxygen atoms in total. The van der Waals surface area contributed by atoms with E-state index in [1.807, 2.05) is 0 Å². The van der Waals surface area contributed by atoms with E-state index in [1.54, 1.807) is 4.90 Å². The van der Waals surface area contributed by atoms with Crippen LogP contribution in [0.3, 0.4) is 0 Å². The summed E-state index contributed by atoms with van der Waals surface area (Å²) in [7, 11) is 1.34. The third-order valence-electron chi connectivity index (χ3n) is 2.80. The summed E-state index contributed by atoms with van der Waals surface area (Å²) in [6, 6.07) is -1.83. The van der Waals surface area contributed by atoms with Gasteiger partial charge in [0.15, 0.2) is 6.04 Å². The van der Waals surface area contributed by atoms with Gasteiger partial charge in [-0.1, -0.05) is 0 Å². The number of carbonyl (C=O) groups excluding carboxylic acids is 2. The number of hydrogen-bond acceptors (Lipinski definition) is 4. The number of nitrogens with zero attached hydrogens (tertiary/aromatic N) is 1. The van der Waals surface area contributed by atoms with E-state index in [-0.39, 0.29) is 19.1 Å². The van der Waals surface area contributed by atoms with E-state index in [4.69, 9.17) is 5.11 Å². The molecule has 0 aromatic rings. The van der Waals surface area contributed by atoms with Crippen molar-refractivity contribution in [2.75, 3.05) is 33.4 Å². The minimum atomic E-state index is -1.19. The molecule has 1 saturated heterocycles. The van der Waals surface area contributed by atoms with Crippen molar-refractivity contribution < 1.29 is 24.2 Å². The van der Waals surface area contributed by atoms with Crippen molar-refractivity contribution in [3.05, 3.63) is 0 Å². The molecule has 19 heavy (non-hydrogen) atoms. The lowest BCUT2D eigenvalue weighted by Crippen LogP contribution is -2.50. The summed E-state index contributed by atoms with van der Waals surface area (Å²) in [6.45, 7) is 1.15. The zero-order valence-corrected chi connectivity index (χ0v) is 10.8. The number of carbonyl (C=O) groups is 3. The molecule has 1 atom stereocenters. The topological polar surface area (TPSA) is 108 Å². The molecule has 108 valence electrons. The summed E-state index contributed by atoms with van der Waals surface area (Å²) in [5, 5.41) is 13.4. The van der Waals surface area contributed by atoms with Crippen molar-refractivity contribution in [3.63, 3.8) is 0 Å². The highest BCUT2D eigenvalue weighted by Crippen LogP contribution is 2.06. The van der Waals surface area contributed by atoms with Gasteiger partial charge in [0.1, 0.15) is 0 Å². The van der Waals surface area contributed by atoms with Crippen molar-refractivity contribution in [1.82, 2.24) is 15.5 Å². The molecule has 1 aliphatic rings. The van der Waals surface area contributed by atoms with Crippen molar-refractivity contribution in [2.24, 2.45) is 0 Å². The molecule has 1 aliphatic heterocycles. The smallest absolute Gasteiger partial charge is 0.328 e. The number of hydrogen-bond donors (Lipinski definition) is 3.